The van der Waals surface area contributed by atoms with Crippen molar-refractivity contribution in [2.45, 2.75) is 31.3 Å². The Labute approximate surface area is 136 Å². The first kappa shape index (κ1) is 14.1. The van der Waals surface area contributed by atoms with Crippen molar-refractivity contribution in [1.29, 1.82) is 0 Å². The van der Waals surface area contributed by atoms with Gasteiger partial charge in [-0.25, -0.2) is 0 Å². The average Bonchev–Trinajstić information content (AvgIpc) is 3.28. The van der Waals surface area contributed by atoms with Gasteiger partial charge in [-0.15, -0.1) is 10.2 Å². The molecule has 0 saturated heterocycles. The van der Waals surface area contributed by atoms with Gasteiger partial charge in [0.25, 0.3) is 17.4 Å². The highest BCUT2D eigenvalue weighted by atomic mass is 32.1. The zero-order valence-electron chi connectivity index (χ0n) is 12.3. The van der Waals surface area contributed by atoms with E-state index in [9.17, 15) is 9.59 Å². The Hall–Kier alpha value is -2.48. The molecule has 2 amide bonds. The number of carbonyl (C=O) groups excluding carboxylic acids is 2. The summed E-state index contributed by atoms with van der Waals surface area (Å²) >= 11 is 1.34. The van der Waals surface area contributed by atoms with Crippen LogP contribution in [0.5, 0.6) is 5.75 Å². The SMILES string of the molecule is C[C@@]1(C(=O)Nc2nnc(C3CC3)s2)Oc2ccccc2NC1=O. The lowest BCUT2D eigenvalue weighted by Gasteiger charge is -2.32. The Morgan fingerprint density at radius 1 is 1.39 bits per heavy atom. The lowest BCUT2D eigenvalue weighted by molar-refractivity contribution is -0.143. The number of aromatic nitrogens is 2. The number of fused-ring (bicyclic) bond motifs is 1. The van der Waals surface area contributed by atoms with E-state index in [1.807, 2.05) is 0 Å². The number of ether oxygens (including phenoxy) is 1. The van der Waals surface area contributed by atoms with E-state index in [-0.39, 0.29) is 0 Å². The minimum absolute atomic E-state index is 0.383. The number of rotatable bonds is 3. The molecule has 23 heavy (non-hydrogen) atoms. The van der Waals surface area contributed by atoms with Gasteiger partial charge in [0, 0.05) is 5.92 Å². The van der Waals surface area contributed by atoms with Crippen molar-refractivity contribution in [3.8, 4) is 5.75 Å². The largest absolute Gasteiger partial charge is 0.466 e. The number of para-hydroxylation sites is 2. The van der Waals surface area contributed by atoms with E-state index in [0.717, 1.165) is 17.8 Å². The van der Waals surface area contributed by atoms with Gasteiger partial charge in [-0.2, -0.15) is 0 Å². The first-order valence-corrected chi connectivity index (χ1v) is 8.12. The number of benzene rings is 1. The first-order valence-electron chi connectivity index (χ1n) is 7.30. The van der Waals surface area contributed by atoms with Crippen molar-refractivity contribution < 1.29 is 14.3 Å². The van der Waals surface area contributed by atoms with E-state index >= 15 is 0 Å². The van der Waals surface area contributed by atoms with Crippen LogP contribution < -0.4 is 15.4 Å². The molecule has 1 aromatic carbocycles. The highest BCUT2D eigenvalue weighted by molar-refractivity contribution is 7.15. The maximum Gasteiger partial charge on any atom is 0.280 e. The van der Waals surface area contributed by atoms with Gasteiger partial charge in [-0.1, -0.05) is 23.5 Å². The van der Waals surface area contributed by atoms with Gasteiger partial charge in [0.05, 0.1) is 5.69 Å². The van der Waals surface area contributed by atoms with Crippen LogP contribution in [0.2, 0.25) is 0 Å². The second-order valence-electron chi connectivity index (χ2n) is 5.76. The van der Waals surface area contributed by atoms with Gasteiger partial charge in [0.2, 0.25) is 5.13 Å². The summed E-state index contributed by atoms with van der Waals surface area (Å²) in [6, 6.07) is 6.99. The van der Waals surface area contributed by atoms with Gasteiger partial charge in [0.15, 0.2) is 0 Å². The normalized spacial score (nSPS) is 22.7. The smallest absolute Gasteiger partial charge is 0.280 e. The average molecular weight is 330 g/mol. The lowest BCUT2D eigenvalue weighted by atomic mass is 10.0. The van der Waals surface area contributed by atoms with E-state index in [0.29, 0.717) is 22.5 Å². The Morgan fingerprint density at radius 2 is 2.17 bits per heavy atom. The standard InChI is InChI=1S/C15H14N4O3S/c1-15(12(20)16-9-4-2-3-5-10(9)22-15)13(21)17-14-19-18-11(23-14)8-6-7-8/h2-5,8H,6-7H2,1H3,(H,16,20)(H,17,19,21)/t15-/m1/s1. The third-order valence-corrected chi connectivity index (χ3v) is 4.90. The maximum atomic E-state index is 12.5. The summed E-state index contributed by atoms with van der Waals surface area (Å²) in [6.07, 6.45) is 2.23. The summed E-state index contributed by atoms with van der Waals surface area (Å²) in [5, 5.41) is 14.7. The monoisotopic (exact) mass is 330 g/mol. The fourth-order valence-corrected chi connectivity index (χ4v) is 3.22. The Kier molecular flexibility index (Phi) is 3.08. The molecule has 1 aliphatic carbocycles. The molecule has 1 atom stereocenters. The second-order valence-corrected chi connectivity index (χ2v) is 6.77. The fraction of sp³-hybridized carbons (Fsp3) is 0.333. The van der Waals surface area contributed by atoms with Crippen molar-refractivity contribution in [1.82, 2.24) is 10.2 Å². The van der Waals surface area contributed by atoms with Crippen molar-refractivity contribution in [2.24, 2.45) is 0 Å². The Morgan fingerprint density at radius 3 is 2.96 bits per heavy atom. The van der Waals surface area contributed by atoms with E-state index in [1.165, 1.54) is 18.3 Å². The van der Waals surface area contributed by atoms with Gasteiger partial charge in [-0.05, 0) is 31.9 Å². The quantitative estimate of drug-likeness (QED) is 0.841. The minimum Gasteiger partial charge on any atom is -0.466 e. The molecular formula is C15H14N4O3S. The number of hydrogen-bond donors (Lipinski definition) is 2. The van der Waals surface area contributed by atoms with Crippen molar-refractivity contribution >= 4 is 34.0 Å². The number of amides is 2. The Balaban J connectivity index is 1.55. The molecule has 1 aliphatic heterocycles. The molecule has 2 aliphatic rings. The summed E-state index contributed by atoms with van der Waals surface area (Å²) < 4.78 is 5.66. The molecule has 0 spiro atoms. The Bertz CT molecular complexity index is 802. The van der Waals surface area contributed by atoms with Crippen LogP contribution in [-0.4, -0.2) is 27.6 Å². The summed E-state index contributed by atoms with van der Waals surface area (Å²) in [4.78, 5) is 24.9. The highest BCUT2D eigenvalue weighted by Gasteiger charge is 2.47. The summed E-state index contributed by atoms with van der Waals surface area (Å²) in [6.45, 7) is 1.44. The predicted octanol–water partition coefficient (Wildman–Crippen LogP) is 2.14. The van der Waals surface area contributed by atoms with Crippen LogP contribution in [-0.2, 0) is 9.59 Å². The van der Waals surface area contributed by atoms with Crippen molar-refractivity contribution in [3.63, 3.8) is 0 Å². The molecule has 118 valence electrons. The van der Waals surface area contributed by atoms with Crippen molar-refractivity contribution in [2.75, 3.05) is 10.6 Å². The number of anilines is 2. The minimum atomic E-state index is -1.65. The molecule has 2 aromatic rings. The van der Waals surface area contributed by atoms with E-state index < -0.39 is 17.4 Å². The van der Waals surface area contributed by atoms with Gasteiger partial charge in [0.1, 0.15) is 10.8 Å². The zero-order valence-corrected chi connectivity index (χ0v) is 13.1. The van der Waals surface area contributed by atoms with Gasteiger partial charge >= 0.3 is 0 Å². The topological polar surface area (TPSA) is 93.2 Å². The number of nitrogens with zero attached hydrogens (tertiary/aromatic N) is 2. The predicted molar refractivity (Wildman–Crippen MR) is 84.6 cm³/mol. The number of nitrogens with one attached hydrogen (secondary N) is 2. The molecule has 1 aromatic heterocycles. The summed E-state index contributed by atoms with van der Waals surface area (Å²) in [5.74, 6) is -0.154. The van der Waals surface area contributed by atoms with Crippen molar-refractivity contribution in [3.05, 3.63) is 29.3 Å². The third-order valence-electron chi connectivity index (χ3n) is 3.90. The molecule has 7 nitrogen and oxygen atoms in total. The summed E-state index contributed by atoms with van der Waals surface area (Å²) in [5.41, 5.74) is -1.10. The third kappa shape index (κ3) is 2.44. The molecule has 1 fully saturated rings. The highest BCUT2D eigenvalue weighted by Crippen LogP contribution is 2.42. The molecule has 2 N–H and O–H groups in total. The van der Waals surface area contributed by atoms with Crippen LogP contribution in [0.15, 0.2) is 24.3 Å². The van der Waals surface area contributed by atoms with E-state index in [4.69, 9.17) is 4.74 Å². The molecular weight excluding hydrogens is 316 g/mol. The molecule has 4 rings (SSSR count). The van der Waals surface area contributed by atoms with Crippen LogP contribution in [0.3, 0.4) is 0 Å². The van der Waals surface area contributed by atoms with Gasteiger partial charge < -0.3 is 10.1 Å². The number of carbonyl (C=O) groups is 2. The van der Waals surface area contributed by atoms with Crippen LogP contribution in [0.4, 0.5) is 10.8 Å². The fourth-order valence-electron chi connectivity index (χ4n) is 2.31. The van der Waals surface area contributed by atoms with E-state index in [1.54, 1.807) is 24.3 Å². The second kappa shape index (κ2) is 5.02. The maximum absolute atomic E-state index is 12.5. The zero-order chi connectivity index (χ0) is 16.0. The molecule has 0 unspecified atom stereocenters. The van der Waals surface area contributed by atoms with E-state index in [2.05, 4.69) is 20.8 Å². The van der Waals surface area contributed by atoms with Gasteiger partial charge in [-0.3, -0.25) is 14.9 Å². The van der Waals surface area contributed by atoms with Crippen LogP contribution in [0.25, 0.3) is 0 Å². The molecule has 8 heteroatoms. The van der Waals surface area contributed by atoms with Crippen LogP contribution in [0.1, 0.15) is 30.7 Å². The molecule has 0 radical (unpaired) electrons. The van der Waals surface area contributed by atoms with Crippen LogP contribution >= 0.6 is 11.3 Å². The lowest BCUT2D eigenvalue weighted by Crippen LogP contribution is -2.56. The number of hydrogen-bond acceptors (Lipinski definition) is 6. The first-order chi connectivity index (χ1) is 11.1. The molecule has 2 heterocycles. The molecule has 0 bridgehead atoms. The van der Waals surface area contributed by atoms with Crippen LogP contribution in [0, 0.1) is 0 Å². The summed E-state index contributed by atoms with van der Waals surface area (Å²) in [7, 11) is 0. The molecule has 1 saturated carbocycles.